The number of hydrogen-bond donors (Lipinski definition) is 2. The van der Waals surface area contributed by atoms with E-state index in [1.54, 1.807) is 14.2 Å². The summed E-state index contributed by atoms with van der Waals surface area (Å²) in [6.07, 6.45) is -0.422. The lowest BCUT2D eigenvalue weighted by Crippen LogP contribution is -2.42. The van der Waals surface area contributed by atoms with Crippen LogP contribution >= 0.6 is 0 Å². The van der Waals surface area contributed by atoms with Crippen LogP contribution in [-0.4, -0.2) is 32.6 Å². The summed E-state index contributed by atoms with van der Waals surface area (Å²) in [5, 5.41) is 5.29. The van der Waals surface area contributed by atoms with Gasteiger partial charge in [0.05, 0.1) is 13.2 Å². The van der Waals surface area contributed by atoms with Gasteiger partial charge in [0.2, 0.25) is 0 Å². The number of methoxy groups -OCH3 is 2. The summed E-state index contributed by atoms with van der Waals surface area (Å²) >= 11 is 0. The molecule has 2 aromatic rings. The van der Waals surface area contributed by atoms with Crippen molar-refractivity contribution in [2.45, 2.75) is 19.1 Å². The second kappa shape index (κ2) is 9.58. The van der Waals surface area contributed by atoms with E-state index >= 15 is 0 Å². The Morgan fingerprint density at radius 1 is 0.962 bits per heavy atom. The summed E-state index contributed by atoms with van der Waals surface area (Å²) in [5.41, 5.74) is 1.73. The number of carbonyl (C=O) groups excluding carboxylic acids is 2. The van der Waals surface area contributed by atoms with Crippen molar-refractivity contribution < 1.29 is 19.1 Å². The minimum absolute atomic E-state index is 0.156. The molecule has 26 heavy (non-hydrogen) atoms. The maximum atomic E-state index is 12.1. The second-order valence-corrected chi connectivity index (χ2v) is 5.78. The minimum Gasteiger partial charge on any atom is -0.496 e. The summed E-state index contributed by atoms with van der Waals surface area (Å²) in [5.74, 6) is -0.725. The van der Waals surface area contributed by atoms with Gasteiger partial charge in [-0.2, -0.15) is 0 Å². The van der Waals surface area contributed by atoms with E-state index in [4.69, 9.17) is 9.47 Å². The number of nitrogens with one attached hydrogen (secondary N) is 2. The Hall–Kier alpha value is -2.86. The Bertz CT molecular complexity index is 734. The molecular formula is C20H24N2O4. The number of hydrogen-bond acceptors (Lipinski definition) is 4. The van der Waals surface area contributed by atoms with Crippen LogP contribution in [0.5, 0.6) is 5.75 Å². The van der Waals surface area contributed by atoms with Gasteiger partial charge in [0.1, 0.15) is 11.9 Å². The molecule has 0 radical (unpaired) electrons. The van der Waals surface area contributed by atoms with E-state index in [9.17, 15) is 9.59 Å². The van der Waals surface area contributed by atoms with Gasteiger partial charge in [0.25, 0.3) is 0 Å². The van der Waals surface area contributed by atoms with Gasteiger partial charge in [-0.15, -0.1) is 0 Å². The van der Waals surface area contributed by atoms with E-state index < -0.39 is 17.9 Å². The normalized spacial score (nSPS) is 12.7. The maximum Gasteiger partial charge on any atom is 0.309 e. The van der Waals surface area contributed by atoms with Crippen LogP contribution in [-0.2, 0) is 14.3 Å². The van der Waals surface area contributed by atoms with Crippen molar-refractivity contribution in [2.24, 2.45) is 0 Å². The highest BCUT2D eigenvalue weighted by molar-refractivity contribution is 6.35. The standard InChI is InChI=1S/C20H24N2O4/c1-14(15-9-5-4-6-10-15)22-20(24)19(23)21-13-18(26-3)16-11-7-8-12-17(16)25-2/h4-12,14,18H,13H2,1-3H3,(H,21,23)(H,22,24)/t14-,18+/m1/s1. The zero-order valence-corrected chi connectivity index (χ0v) is 15.2. The highest BCUT2D eigenvalue weighted by Gasteiger charge is 2.20. The van der Waals surface area contributed by atoms with Gasteiger partial charge >= 0.3 is 11.8 Å². The zero-order chi connectivity index (χ0) is 18.9. The third kappa shape index (κ3) is 5.07. The highest BCUT2D eigenvalue weighted by Crippen LogP contribution is 2.26. The number of benzene rings is 2. The smallest absolute Gasteiger partial charge is 0.309 e. The maximum absolute atomic E-state index is 12.1. The van der Waals surface area contributed by atoms with Crippen LogP contribution in [0.4, 0.5) is 0 Å². The molecule has 0 heterocycles. The van der Waals surface area contributed by atoms with Gasteiger partial charge in [-0.1, -0.05) is 48.5 Å². The Labute approximate surface area is 153 Å². The first kappa shape index (κ1) is 19.5. The molecule has 6 nitrogen and oxygen atoms in total. The predicted molar refractivity (Wildman–Crippen MR) is 98.8 cm³/mol. The summed E-state index contributed by atoms with van der Waals surface area (Å²) in [7, 11) is 3.11. The molecule has 2 atom stereocenters. The minimum atomic E-state index is -0.704. The summed E-state index contributed by atoms with van der Waals surface area (Å²) < 4.78 is 10.7. The molecule has 0 bridgehead atoms. The third-order valence-corrected chi connectivity index (χ3v) is 4.07. The fourth-order valence-corrected chi connectivity index (χ4v) is 2.61. The molecule has 0 aliphatic rings. The predicted octanol–water partition coefficient (Wildman–Crippen LogP) is 2.38. The Kier molecular flexibility index (Phi) is 7.17. The number of para-hydroxylation sites is 1. The van der Waals surface area contributed by atoms with Crippen LogP contribution in [0.25, 0.3) is 0 Å². The van der Waals surface area contributed by atoms with Crippen molar-refractivity contribution in [3.05, 3.63) is 65.7 Å². The largest absolute Gasteiger partial charge is 0.496 e. The lowest BCUT2D eigenvalue weighted by Gasteiger charge is -2.19. The molecule has 2 aromatic carbocycles. The number of amides is 2. The Morgan fingerprint density at radius 3 is 2.27 bits per heavy atom. The molecular weight excluding hydrogens is 332 g/mol. The van der Waals surface area contributed by atoms with Crippen LogP contribution in [0.1, 0.15) is 30.2 Å². The monoisotopic (exact) mass is 356 g/mol. The van der Waals surface area contributed by atoms with Crippen molar-refractivity contribution >= 4 is 11.8 Å². The molecule has 0 fully saturated rings. The first-order valence-corrected chi connectivity index (χ1v) is 8.36. The van der Waals surface area contributed by atoms with E-state index in [1.807, 2.05) is 61.5 Å². The van der Waals surface area contributed by atoms with Gasteiger partial charge in [-0.05, 0) is 18.6 Å². The molecule has 138 valence electrons. The zero-order valence-electron chi connectivity index (χ0n) is 15.2. The Morgan fingerprint density at radius 2 is 1.62 bits per heavy atom. The fourth-order valence-electron chi connectivity index (χ4n) is 2.61. The van der Waals surface area contributed by atoms with Crippen LogP contribution in [0.2, 0.25) is 0 Å². The molecule has 0 aliphatic carbocycles. The summed E-state index contributed by atoms with van der Waals surface area (Å²) in [6.45, 7) is 1.98. The molecule has 2 amide bonds. The lowest BCUT2D eigenvalue weighted by molar-refractivity contribution is -0.139. The molecule has 2 N–H and O–H groups in total. The topological polar surface area (TPSA) is 76.7 Å². The fraction of sp³-hybridized carbons (Fsp3) is 0.300. The summed E-state index contributed by atoms with van der Waals surface area (Å²) in [6, 6.07) is 16.6. The number of ether oxygens (including phenoxy) is 2. The van der Waals surface area contributed by atoms with Gasteiger partial charge in [-0.3, -0.25) is 9.59 Å². The third-order valence-electron chi connectivity index (χ3n) is 4.07. The number of rotatable bonds is 7. The van der Waals surface area contributed by atoms with Crippen molar-refractivity contribution in [1.82, 2.24) is 10.6 Å². The SMILES string of the molecule is COc1ccccc1[C@H](CNC(=O)C(=O)N[C@H](C)c1ccccc1)OC. The van der Waals surface area contributed by atoms with Crippen molar-refractivity contribution in [1.29, 1.82) is 0 Å². The molecule has 0 aromatic heterocycles. The Balaban J connectivity index is 1.93. The van der Waals surface area contributed by atoms with E-state index in [-0.39, 0.29) is 12.6 Å². The van der Waals surface area contributed by atoms with Crippen LogP contribution < -0.4 is 15.4 Å². The molecule has 0 spiro atoms. The molecule has 0 saturated heterocycles. The second-order valence-electron chi connectivity index (χ2n) is 5.78. The van der Waals surface area contributed by atoms with Crippen molar-refractivity contribution in [3.63, 3.8) is 0 Å². The van der Waals surface area contributed by atoms with Gasteiger partial charge < -0.3 is 20.1 Å². The quantitative estimate of drug-likeness (QED) is 0.747. The van der Waals surface area contributed by atoms with Gasteiger partial charge in [0, 0.05) is 19.2 Å². The van der Waals surface area contributed by atoms with Gasteiger partial charge in [-0.25, -0.2) is 0 Å². The van der Waals surface area contributed by atoms with Crippen LogP contribution in [0.15, 0.2) is 54.6 Å². The van der Waals surface area contributed by atoms with Crippen molar-refractivity contribution in [3.8, 4) is 5.75 Å². The molecule has 0 aliphatic heterocycles. The first-order chi connectivity index (χ1) is 12.6. The van der Waals surface area contributed by atoms with E-state index in [0.717, 1.165) is 11.1 Å². The van der Waals surface area contributed by atoms with E-state index in [2.05, 4.69) is 10.6 Å². The first-order valence-electron chi connectivity index (χ1n) is 8.36. The molecule has 0 unspecified atom stereocenters. The van der Waals surface area contributed by atoms with Crippen LogP contribution in [0.3, 0.4) is 0 Å². The molecule has 2 rings (SSSR count). The summed E-state index contributed by atoms with van der Waals surface area (Å²) in [4.78, 5) is 24.2. The average molecular weight is 356 g/mol. The number of carbonyl (C=O) groups is 2. The van der Waals surface area contributed by atoms with Gasteiger partial charge in [0.15, 0.2) is 0 Å². The average Bonchev–Trinajstić information content (AvgIpc) is 2.69. The van der Waals surface area contributed by atoms with E-state index in [1.165, 1.54) is 0 Å². The lowest BCUT2D eigenvalue weighted by atomic mass is 10.1. The highest BCUT2D eigenvalue weighted by atomic mass is 16.5. The molecule has 6 heteroatoms. The van der Waals surface area contributed by atoms with E-state index in [0.29, 0.717) is 5.75 Å². The van der Waals surface area contributed by atoms with Crippen molar-refractivity contribution in [2.75, 3.05) is 20.8 Å². The molecule has 0 saturated carbocycles. The van der Waals surface area contributed by atoms with Crippen LogP contribution in [0, 0.1) is 0 Å².